The fourth-order valence-corrected chi connectivity index (χ4v) is 3.70. The Balaban J connectivity index is 2.21. The Kier molecular flexibility index (Phi) is 4.56. The number of hydrogen-bond donors (Lipinski definition) is 0. The molecule has 3 rings (SSSR count). The third kappa shape index (κ3) is 2.66. The summed E-state index contributed by atoms with van der Waals surface area (Å²) in [5.74, 6) is -0.172. The minimum absolute atomic E-state index is 0.123. The van der Waals surface area contributed by atoms with Gasteiger partial charge in [0.2, 0.25) is 0 Å². The minimum atomic E-state index is -0.502. The Hall–Kier alpha value is -2.36. The first-order valence-electron chi connectivity index (χ1n) is 8.55. The van der Waals surface area contributed by atoms with E-state index in [1.54, 1.807) is 6.92 Å². The van der Waals surface area contributed by atoms with Crippen LogP contribution in [0.25, 0.3) is 11.1 Å². The number of ether oxygens (including phenoxy) is 1. The number of rotatable bonds is 4. The van der Waals surface area contributed by atoms with Crippen LogP contribution in [0.2, 0.25) is 0 Å². The van der Waals surface area contributed by atoms with Crippen LogP contribution in [-0.2, 0) is 16.0 Å². The fraction of sp³-hybridized carbons (Fsp3) is 0.400. The predicted molar refractivity (Wildman–Crippen MR) is 93.2 cm³/mol. The summed E-state index contributed by atoms with van der Waals surface area (Å²) >= 11 is 0. The van der Waals surface area contributed by atoms with Crippen molar-refractivity contribution in [3.63, 3.8) is 0 Å². The van der Waals surface area contributed by atoms with Gasteiger partial charge in [-0.1, -0.05) is 30.3 Å². The number of benzene rings is 1. The van der Waals surface area contributed by atoms with E-state index in [0.29, 0.717) is 18.7 Å². The molecule has 24 heavy (non-hydrogen) atoms. The van der Waals surface area contributed by atoms with Crippen molar-refractivity contribution in [2.24, 2.45) is 0 Å². The van der Waals surface area contributed by atoms with Gasteiger partial charge in [0.15, 0.2) is 5.78 Å². The summed E-state index contributed by atoms with van der Waals surface area (Å²) < 4.78 is 7.07. The van der Waals surface area contributed by atoms with Crippen LogP contribution >= 0.6 is 0 Å². The zero-order valence-electron chi connectivity index (χ0n) is 14.5. The standard InChI is InChI=1S/C20H23NO3/c1-4-24-20(23)14(3)21-13(2)18(15-9-6-5-7-10-15)16-11-8-12-17(22)19(16)21/h5-7,9-10,14H,4,8,11-12H2,1-3H3/t14-/m0/s1. The molecule has 126 valence electrons. The molecular formula is C20H23NO3. The number of Topliss-reactive ketones (excluding diaryl/α,β-unsaturated/α-hetero) is 1. The van der Waals surface area contributed by atoms with Crippen LogP contribution in [-0.4, -0.2) is 22.9 Å². The van der Waals surface area contributed by atoms with Crippen LogP contribution in [0.5, 0.6) is 0 Å². The average molecular weight is 325 g/mol. The lowest BCUT2D eigenvalue weighted by molar-refractivity contribution is -0.146. The molecule has 0 fully saturated rings. The Morgan fingerprint density at radius 2 is 1.96 bits per heavy atom. The van der Waals surface area contributed by atoms with E-state index in [9.17, 15) is 9.59 Å². The molecular weight excluding hydrogens is 302 g/mol. The highest BCUT2D eigenvalue weighted by Gasteiger charge is 2.32. The number of carbonyl (C=O) groups excluding carboxylic acids is 2. The van der Waals surface area contributed by atoms with Gasteiger partial charge in [-0.3, -0.25) is 4.79 Å². The summed E-state index contributed by atoms with van der Waals surface area (Å²) in [7, 11) is 0. The van der Waals surface area contributed by atoms with Crippen LogP contribution < -0.4 is 0 Å². The molecule has 0 saturated heterocycles. The third-order valence-electron chi connectivity index (χ3n) is 4.72. The maximum atomic E-state index is 12.6. The molecule has 0 bridgehead atoms. The molecule has 4 heteroatoms. The molecule has 0 radical (unpaired) electrons. The molecule has 1 aliphatic rings. The molecule has 4 nitrogen and oxygen atoms in total. The van der Waals surface area contributed by atoms with Crippen LogP contribution in [0, 0.1) is 6.92 Å². The molecule has 0 unspecified atom stereocenters. The third-order valence-corrected chi connectivity index (χ3v) is 4.72. The molecule has 1 atom stereocenters. The Labute approximate surface area is 142 Å². The topological polar surface area (TPSA) is 48.3 Å². The van der Waals surface area contributed by atoms with E-state index in [-0.39, 0.29) is 11.8 Å². The first kappa shape index (κ1) is 16.5. The number of aromatic nitrogens is 1. The van der Waals surface area contributed by atoms with Crippen LogP contribution in [0.1, 0.15) is 54.5 Å². The SMILES string of the molecule is CCOC(=O)[C@H](C)n1c(C)c(-c2ccccc2)c2c1C(=O)CCC2. The normalized spacial score (nSPS) is 15.0. The number of ketones is 1. The highest BCUT2D eigenvalue weighted by molar-refractivity contribution is 6.00. The van der Waals surface area contributed by atoms with Crippen molar-refractivity contribution in [3.05, 3.63) is 47.3 Å². The Morgan fingerprint density at radius 1 is 1.25 bits per heavy atom. The number of nitrogens with zero attached hydrogens (tertiary/aromatic N) is 1. The Morgan fingerprint density at radius 3 is 2.62 bits per heavy atom. The zero-order chi connectivity index (χ0) is 17.3. The van der Waals surface area contributed by atoms with E-state index in [1.165, 1.54) is 0 Å². The van der Waals surface area contributed by atoms with Crippen LogP contribution in [0.15, 0.2) is 30.3 Å². The predicted octanol–water partition coefficient (Wildman–Crippen LogP) is 4.11. The van der Waals surface area contributed by atoms with Gasteiger partial charge in [0.05, 0.1) is 12.3 Å². The second kappa shape index (κ2) is 6.63. The van der Waals surface area contributed by atoms with Gasteiger partial charge in [-0.2, -0.15) is 0 Å². The lowest BCUT2D eigenvalue weighted by atomic mass is 9.91. The largest absolute Gasteiger partial charge is 0.464 e. The van der Waals surface area contributed by atoms with Crippen molar-refractivity contribution < 1.29 is 14.3 Å². The van der Waals surface area contributed by atoms with Crippen molar-refractivity contribution >= 4 is 11.8 Å². The molecule has 0 N–H and O–H groups in total. The van der Waals surface area contributed by atoms with Gasteiger partial charge >= 0.3 is 5.97 Å². The summed E-state index contributed by atoms with van der Waals surface area (Å²) in [6, 6.07) is 9.59. The van der Waals surface area contributed by atoms with Gasteiger partial charge in [0.25, 0.3) is 0 Å². The number of esters is 1. The highest BCUT2D eigenvalue weighted by atomic mass is 16.5. The van der Waals surface area contributed by atoms with E-state index in [2.05, 4.69) is 12.1 Å². The van der Waals surface area contributed by atoms with E-state index in [1.807, 2.05) is 36.6 Å². The molecule has 1 heterocycles. The fourth-order valence-electron chi connectivity index (χ4n) is 3.70. The van der Waals surface area contributed by atoms with Crippen LogP contribution in [0.3, 0.4) is 0 Å². The van der Waals surface area contributed by atoms with Gasteiger partial charge in [0, 0.05) is 17.7 Å². The summed E-state index contributed by atoms with van der Waals surface area (Å²) in [6.45, 7) is 5.93. The molecule has 1 aliphatic carbocycles. The van der Waals surface area contributed by atoms with Crippen molar-refractivity contribution in [2.45, 2.75) is 46.1 Å². The maximum Gasteiger partial charge on any atom is 0.328 e. The van der Waals surface area contributed by atoms with Gasteiger partial charge in [0.1, 0.15) is 6.04 Å². The van der Waals surface area contributed by atoms with E-state index in [4.69, 9.17) is 4.74 Å². The first-order valence-corrected chi connectivity index (χ1v) is 8.55. The molecule has 1 aromatic carbocycles. The molecule has 0 aliphatic heterocycles. The minimum Gasteiger partial charge on any atom is -0.464 e. The van der Waals surface area contributed by atoms with Crippen molar-refractivity contribution in [1.82, 2.24) is 4.57 Å². The van der Waals surface area contributed by atoms with Gasteiger partial charge < -0.3 is 9.30 Å². The Bertz CT molecular complexity index is 774. The summed E-state index contributed by atoms with van der Waals surface area (Å²) in [6.07, 6.45) is 2.28. The summed E-state index contributed by atoms with van der Waals surface area (Å²) in [5, 5.41) is 0. The van der Waals surface area contributed by atoms with E-state index in [0.717, 1.165) is 35.2 Å². The second-order valence-corrected chi connectivity index (χ2v) is 6.23. The lowest BCUT2D eigenvalue weighted by Crippen LogP contribution is -2.25. The number of carbonyl (C=O) groups is 2. The molecule has 0 amide bonds. The maximum absolute atomic E-state index is 12.6. The van der Waals surface area contributed by atoms with E-state index >= 15 is 0 Å². The van der Waals surface area contributed by atoms with Crippen molar-refractivity contribution in [2.75, 3.05) is 6.61 Å². The monoisotopic (exact) mass is 325 g/mol. The molecule has 2 aromatic rings. The molecule has 1 aromatic heterocycles. The first-order chi connectivity index (χ1) is 11.6. The van der Waals surface area contributed by atoms with Crippen molar-refractivity contribution in [3.8, 4) is 11.1 Å². The van der Waals surface area contributed by atoms with Crippen LogP contribution in [0.4, 0.5) is 0 Å². The highest BCUT2D eigenvalue weighted by Crippen LogP contribution is 2.38. The average Bonchev–Trinajstić information content (AvgIpc) is 2.88. The molecule has 0 saturated carbocycles. The number of fused-ring (bicyclic) bond motifs is 1. The van der Waals surface area contributed by atoms with Gasteiger partial charge in [-0.15, -0.1) is 0 Å². The quantitative estimate of drug-likeness (QED) is 0.795. The smallest absolute Gasteiger partial charge is 0.328 e. The zero-order valence-corrected chi connectivity index (χ0v) is 14.5. The van der Waals surface area contributed by atoms with Crippen molar-refractivity contribution in [1.29, 1.82) is 0 Å². The second-order valence-electron chi connectivity index (χ2n) is 6.23. The molecule has 0 spiro atoms. The van der Waals surface area contributed by atoms with Gasteiger partial charge in [-0.05, 0) is 44.7 Å². The lowest BCUT2D eigenvalue weighted by Gasteiger charge is -2.20. The number of hydrogen-bond acceptors (Lipinski definition) is 3. The summed E-state index contributed by atoms with van der Waals surface area (Å²) in [5.41, 5.74) is 4.91. The van der Waals surface area contributed by atoms with Gasteiger partial charge in [-0.25, -0.2) is 4.79 Å². The van der Waals surface area contributed by atoms with E-state index < -0.39 is 6.04 Å². The summed E-state index contributed by atoms with van der Waals surface area (Å²) in [4.78, 5) is 24.9.